The zero-order valence-electron chi connectivity index (χ0n) is 9.11. The molecular formula is C11H18N4. The monoisotopic (exact) mass is 206 g/mol. The Hall–Kier alpha value is -1.16. The van der Waals surface area contributed by atoms with Gasteiger partial charge >= 0.3 is 0 Å². The van der Waals surface area contributed by atoms with E-state index in [1.165, 1.54) is 12.8 Å². The van der Waals surface area contributed by atoms with Gasteiger partial charge in [-0.2, -0.15) is 0 Å². The van der Waals surface area contributed by atoms with Gasteiger partial charge in [-0.1, -0.05) is 0 Å². The molecule has 1 saturated heterocycles. The Morgan fingerprint density at radius 1 is 1.53 bits per heavy atom. The van der Waals surface area contributed by atoms with Crippen LogP contribution in [0.4, 0.5) is 5.82 Å². The molecule has 2 rings (SSSR count). The highest BCUT2D eigenvalue weighted by molar-refractivity contribution is 5.31. The van der Waals surface area contributed by atoms with Gasteiger partial charge in [0.05, 0.1) is 6.20 Å². The summed E-state index contributed by atoms with van der Waals surface area (Å²) in [6, 6.07) is 0.453. The molecule has 0 radical (unpaired) electrons. The molecule has 0 aliphatic carbocycles. The summed E-state index contributed by atoms with van der Waals surface area (Å²) in [4.78, 5) is 8.26. The first-order chi connectivity index (χ1) is 7.36. The Labute approximate surface area is 90.5 Å². The lowest BCUT2D eigenvalue weighted by Gasteiger charge is -2.29. The molecular weight excluding hydrogens is 188 g/mol. The van der Waals surface area contributed by atoms with Crippen LogP contribution in [0.2, 0.25) is 0 Å². The third-order valence-corrected chi connectivity index (χ3v) is 2.98. The quantitative estimate of drug-likeness (QED) is 0.782. The summed E-state index contributed by atoms with van der Waals surface area (Å²) in [5.74, 6) is 1.57. The van der Waals surface area contributed by atoms with Crippen molar-refractivity contribution in [3.63, 3.8) is 0 Å². The Morgan fingerprint density at radius 2 is 2.47 bits per heavy atom. The zero-order chi connectivity index (χ0) is 10.5. The molecule has 0 aromatic carbocycles. The summed E-state index contributed by atoms with van der Waals surface area (Å²) in [7, 11) is 0. The van der Waals surface area contributed by atoms with Gasteiger partial charge in [-0.3, -0.25) is 4.98 Å². The molecule has 0 spiro atoms. The third-order valence-electron chi connectivity index (χ3n) is 2.98. The minimum atomic E-state index is 0.453. The van der Waals surface area contributed by atoms with Crippen molar-refractivity contribution in [1.82, 2.24) is 15.3 Å². The second-order valence-corrected chi connectivity index (χ2v) is 4.13. The number of aromatic nitrogens is 2. The van der Waals surface area contributed by atoms with E-state index in [0.717, 1.165) is 18.9 Å². The van der Waals surface area contributed by atoms with Crippen LogP contribution in [-0.4, -0.2) is 29.1 Å². The zero-order valence-corrected chi connectivity index (χ0v) is 9.11. The molecule has 1 aromatic rings. The Morgan fingerprint density at radius 3 is 3.13 bits per heavy atom. The Bertz CT molecular complexity index is 282. The van der Waals surface area contributed by atoms with E-state index >= 15 is 0 Å². The molecule has 1 aliphatic rings. The van der Waals surface area contributed by atoms with Gasteiger partial charge in [-0.05, 0) is 38.8 Å². The Balaban J connectivity index is 1.88. The predicted octanol–water partition coefficient (Wildman–Crippen LogP) is 1.28. The highest BCUT2D eigenvalue weighted by Crippen LogP contribution is 2.16. The van der Waals surface area contributed by atoms with Gasteiger partial charge in [0.1, 0.15) is 5.82 Å². The van der Waals surface area contributed by atoms with Crippen LogP contribution in [-0.2, 0) is 0 Å². The molecule has 2 N–H and O–H groups in total. The van der Waals surface area contributed by atoms with Gasteiger partial charge in [0.2, 0.25) is 0 Å². The summed E-state index contributed by atoms with van der Waals surface area (Å²) in [6.45, 7) is 4.48. The molecule has 2 heterocycles. The molecule has 4 heteroatoms. The molecule has 0 saturated carbocycles. The molecule has 82 valence electrons. The largest absolute Gasteiger partial charge is 0.366 e. The maximum absolute atomic E-state index is 4.22. The van der Waals surface area contributed by atoms with Crippen molar-refractivity contribution in [3.8, 4) is 0 Å². The van der Waals surface area contributed by atoms with Gasteiger partial charge in [0.15, 0.2) is 0 Å². The van der Waals surface area contributed by atoms with Crippen molar-refractivity contribution < 1.29 is 0 Å². The smallest absolute Gasteiger partial charge is 0.144 e. The molecule has 1 aliphatic heterocycles. The maximum atomic E-state index is 4.22. The van der Waals surface area contributed by atoms with Crippen LogP contribution >= 0.6 is 0 Å². The normalized spacial score (nSPS) is 23.4. The maximum Gasteiger partial charge on any atom is 0.144 e. The predicted molar refractivity (Wildman–Crippen MR) is 60.7 cm³/mol. The van der Waals surface area contributed by atoms with E-state index in [2.05, 4.69) is 27.5 Å². The SMILES string of the molecule is C[C@H](Nc1cnccn1)[C@H]1CCCNC1. The van der Waals surface area contributed by atoms with Gasteiger partial charge in [-0.15, -0.1) is 0 Å². The van der Waals surface area contributed by atoms with Crippen molar-refractivity contribution in [2.45, 2.75) is 25.8 Å². The summed E-state index contributed by atoms with van der Waals surface area (Å²) < 4.78 is 0. The first-order valence-corrected chi connectivity index (χ1v) is 5.59. The number of piperidine rings is 1. The van der Waals surface area contributed by atoms with E-state index < -0.39 is 0 Å². The minimum absolute atomic E-state index is 0.453. The van der Waals surface area contributed by atoms with Crippen molar-refractivity contribution >= 4 is 5.82 Å². The van der Waals surface area contributed by atoms with Crippen molar-refractivity contribution in [2.24, 2.45) is 5.92 Å². The second-order valence-electron chi connectivity index (χ2n) is 4.13. The highest BCUT2D eigenvalue weighted by atomic mass is 15.0. The molecule has 1 fully saturated rings. The molecule has 15 heavy (non-hydrogen) atoms. The van der Waals surface area contributed by atoms with Crippen LogP contribution in [0.15, 0.2) is 18.6 Å². The first-order valence-electron chi connectivity index (χ1n) is 5.59. The molecule has 0 unspecified atom stereocenters. The average Bonchev–Trinajstić information content (AvgIpc) is 2.31. The van der Waals surface area contributed by atoms with Crippen LogP contribution in [0.25, 0.3) is 0 Å². The van der Waals surface area contributed by atoms with Crippen molar-refractivity contribution in [3.05, 3.63) is 18.6 Å². The molecule has 1 aromatic heterocycles. The van der Waals surface area contributed by atoms with E-state index in [-0.39, 0.29) is 0 Å². The highest BCUT2D eigenvalue weighted by Gasteiger charge is 2.19. The number of rotatable bonds is 3. The first kappa shape index (κ1) is 10.4. The summed E-state index contributed by atoms with van der Waals surface area (Å²) in [6.07, 6.45) is 7.75. The number of anilines is 1. The fraction of sp³-hybridized carbons (Fsp3) is 0.636. The van der Waals surface area contributed by atoms with Gasteiger partial charge in [-0.25, -0.2) is 4.98 Å². The molecule has 0 amide bonds. The summed E-state index contributed by atoms with van der Waals surface area (Å²) in [5.41, 5.74) is 0. The van der Waals surface area contributed by atoms with Crippen LogP contribution in [0.3, 0.4) is 0 Å². The van der Waals surface area contributed by atoms with Crippen LogP contribution in [0, 0.1) is 5.92 Å². The van der Waals surface area contributed by atoms with Gasteiger partial charge < -0.3 is 10.6 Å². The Kier molecular flexibility index (Phi) is 3.50. The summed E-state index contributed by atoms with van der Waals surface area (Å²) >= 11 is 0. The molecule has 2 atom stereocenters. The van der Waals surface area contributed by atoms with Gasteiger partial charge in [0, 0.05) is 18.4 Å². The van der Waals surface area contributed by atoms with Crippen molar-refractivity contribution in [1.29, 1.82) is 0 Å². The van der Waals surface area contributed by atoms with Crippen LogP contribution < -0.4 is 10.6 Å². The lowest BCUT2D eigenvalue weighted by atomic mass is 9.93. The fourth-order valence-electron chi connectivity index (χ4n) is 2.03. The van der Waals surface area contributed by atoms with Crippen molar-refractivity contribution in [2.75, 3.05) is 18.4 Å². The second kappa shape index (κ2) is 5.07. The van der Waals surface area contributed by atoms with E-state index in [0.29, 0.717) is 12.0 Å². The molecule has 4 nitrogen and oxygen atoms in total. The average molecular weight is 206 g/mol. The van der Waals surface area contributed by atoms with E-state index in [4.69, 9.17) is 0 Å². The standard InChI is InChI=1S/C11H18N4/c1-9(10-3-2-4-12-7-10)15-11-8-13-5-6-14-11/h5-6,8-10,12H,2-4,7H2,1H3,(H,14,15)/t9-,10-/m0/s1. The minimum Gasteiger partial charge on any atom is -0.366 e. The third kappa shape index (κ3) is 2.89. The van der Waals surface area contributed by atoms with E-state index in [1.807, 2.05) is 0 Å². The number of hydrogen-bond donors (Lipinski definition) is 2. The lowest BCUT2D eigenvalue weighted by Crippen LogP contribution is -2.38. The molecule has 0 bridgehead atoms. The van der Waals surface area contributed by atoms with Crippen LogP contribution in [0.5, 0.6) is 0 Å². The van der Waals surface area contributed by atoms with E-state index in [1.54, 1.807) is 18.6 Å². The fourth-order valence-corrected chi connectivity index (χ4v) is 2.03. The number of nitrogens with one attached hydrogen (secondary N) is 2. The number of nitrogens with zero attached hydrogens (tertiary/aromatic N) is 2. The summed E-state index contributed by atoms with van der Waals surface area (Å²) in [5, 5.41) is 6.82. The lowest BCUT2D eigenvalue weighted by molar-refractivity contribution is 0.346. The van der Waals surface area contributed by atoms with Gasteiger partial charge in [0.25, 0.3) is 0 Å². The van der Waals surface area contributed by atoms with Crippen LogP contribution in [0.1, 0.15) is 19.8 Å². The van der Waals surface area contributed by atoms with E-state index in [9.17, 15) is 0 Å². The topological polar surface area (TPSA) is 49.8 Å². The number of hydrogen-bond acceptors (Lipinski definition) is 4.